The molecule has 0 saturated carbocycles. The summed E-state index contributed by atoms with van der Waals surface area (Å²) in [5.41, 5.74) is 3.16. The van der Waals surface area contributed by atoms with Crippen molar-refractivity contribution in [2.45, 2.75) is 31.3 Å². The molecule has 5 rings (SSSR count). The van der Waals surface area contributed by atoms with Crippen molar-refractivity contribution in [1.29, 1.82) is 0 Å². The average molecular weight is 492 g/mol. The molecule has 6 nitrogen and oxygen atoms in total. The van der Waals surface area contributed by atoms with Crippen LogP contribution in [0.1, 0.15) is 41.6 Å². The van der Waals surface area contributed by atoms with E-state index in [1.165, 1.54) is 0 Å². The van der Waals surface area contributed by atoms with Gasteiger partial charge < -0.3 is 5.32 Å². The second kappa shape index (κ2) is 9.87. The summed E-state index contributed by atoms with van der Waals surface area (Å²) < 4.78 is 1.81. The summed E-state index contributed by atoms with van der Waals surface area (Å²) in [6.45, 7) is 0. The Morgan fingerprint density at radius 1 is 1.00 bits per heavy atom. The second-order valence-electron chi connectivity index (χ2n) is 8.26. The molecule has 2 atom stereocenters. The molecule has 172 valence electrons. The van der Waals surface area contributed by atoms with E-state index in [-0.39, 0.29) is 23.9 Å². The Labute approximate surface area is 207 Å². The van der Waals surface area contributed by atoms with Crippen molar-refractivity contribution >= 4 is 41.0 Å². The molecule has 0 fully saturated rings. The van der Waals surface area contributed by atoms with Gasteiger partial charge in [-0.25, -0.2) is 4.68 Å². The smallest absolute Gasteiger partial charge is 0.250 e. The molecule has 4 aromatic rings. The molecule has 34 heavy (non-hydrogen) atoms. The zero-order chi connectivity index (χ0) is 23.5. The maximum atomic E-state index is 12.6. The van der Waals surface area contributed by atoms with Gasteiger partial charge in [-0.1, -0.05) is 83.9 Å². The molecule has 0 unspecified atom stereocenters. The Kier molecular flexibility index (Phi) is 6.52. The second-order valence-corrected chi connectivity index (χ2v) is 9.10. The quantitative estimate of drug-likeness (QED) is 0.331. The molecule has 8 heteroatoms. The molecule has 0 saturated heterocycles. The largest absolute Gasteiger partial charge is 0.347 e. The summed E-state index contributed by atoms with van der Waals surface area (Å²) in [5, 5.41) is 12.3. The number of benzene rings is 3. The molecule has 1 amide bonds. The highest BCUT2D eigenvalue weighted by molar-refractivity contribution is 6.31. The van der Waals surface area contributed by atoms with Crippen LogP contribution in [0.2, 0.25) is 10.0 Å². The number of hydrogen-bond acceptors (Lipinski definition) is 4. The van der Waals surface area contributed by atoms with Gasteiger partial charge in [0.2, 0.25) is 11.9 Å². The van der Waals surface area contributed by atoms with E-state index in [1.54, 1.807) is 4.68 Å². The van der Waals surface area contributed by atoms with Gasteiger partial charge in [-0.15, -0.1) is 5.10 Å². The maximum Gasteiger partial charge on any atom is 0.250 e. The number of rotatable bonds is 6. The molecule has 0 bridgehead atoms. The van der Waals surface area contributed by atoms with Gasteiger partial charge in [-0.2, -0.15) is 4.98 Å². The first-order valence-corrected chi connectivity index (χ1v) is 11.9. The van der Waals surface area contributed by atoms with Crippen molar-refractivity contribution < 1.29 is 4.79 Å². The highest BCUT2D eigenvalue weighted by Gasteiger charge is 2.32. The molecule has 1 aromatic heterocycles. The summed E-state index contributed by atoms with van der Waals surface area (Å²) in [6, 6.07) is 25.3. The van der Waals surface area contributed by atoms with Crippen LogP contribution >= 0.6 is 23.2 Å². The van der Waals surface area contributed by atoms with E-state index in [4.69, 9.17) is 23.2 Å². The molecule has 1 aliphatic rings. The van der Waals surface area contributed by atoms with Crippen molar-refractivity contribution in [3.05, 3.63) is 106 Å². The van der Waals surface area contributed by atoms with Crippen LogP contribution in [0.15, 0.2) is 78.9 Å². The number of aromatic nitrogens is 3. The fourth-order valence-corrected chi connectivity index (χ4v) is 4.63. The van der Waals surface area contributed by atoms with Crippen LogP contribution in [0.3, 0.4) is 0 Å². The molecule has 3 aromatic carbocycles. The van der Waals surface area contributed by atoms with E-state index < -0.39 is 0 Å². The van der Waals surface area contributed by atoms with Crippen molar-refractivity contribution in [2.75, 3.05) is 10.6 Å². The monoisotopic (exact) mass is 491 g/mol. The van der Waals surface area contributed by atoms with Gasteiger partial charge in [0.25, 0.3) is 5.95 Å². The van der Waals surface area contributed by atoms with Gasteiger partial charge in [0.05, 0.1) is 12.1 Å². The molecule has 1 aliphatic heterocycles. The lowest BCUT2D eigenvalue weighted by Crippen LogP contribution is -2.28. The molecule has 0 aliphatic carbocycles. The van der Waals surface area contributed by atoms with E-state index in [1.807, 2.05) is 78.9 Å². The number of fused-ring (bicyclic) bond motifs is 1. The number of amides is 1. The van der Waals surface area contributed by atoms with Crippen LogP contribution in [0.5, 0.6) is 0 Å². The lowest BCUT2D eigenvalue weighted by molar-refractivity contribution is -0.116. The summed E-state index contributed by atoms with van der Waals surface area (Å²) in [6.07, 6.45) is 1.71. The third kappa shape index (κ3) is 4.93. The summed E-state index contributed by atoms with van der Waals surface area (Å²) in [5.74, 6) is 0.721. The van der Waals surface area contributed by atoms with E-state index in [0.717, 1.165) is 16.7 Å². The average Bonchev–Trinajstić information content (AvgIpc) is 3.26. The number of nitrogens with one attached hydrogen (secondary N) is 2. The van der Waals surface area contributed by atoms with E-state index >= 15 is 0 Å². The number of aryl methyl sites for hydroxylation is 1. The number of halogens is 2. The van der Waals surface area contributed by atoms with Crippen LogP contribution in [0.25, 0.3) is 0 Å². The van der Waals surface area contributed by atoms with Crippen LogP contribution in [0.4, 0.5) is 11.9 Å². The van der Waals surface area contributed by atoms with Crippen molar-refractivity contribution in [1.82, 2.24) is 14.8 Å². The van der Waals surface area contributed by atoms with E-state index in [0.29, 0.717) is 35.3 Å². The Morgan fingerprint density at radius 3 is 2.50 bits per heavy atom. The van der Waals surface area contributed by atoms with Gasteiger partial charge in [-0.3, -0.25) is 10.1 Å². The van der Waals surface area contributed by atoms with Crippen molar-refractivity contribution in [3.63, 3.8) is 0 Å². The number of carbonyl (C=O) groups excluding carboxylic acids is 1. The SMILES string of the molecule is O=C(CCc1ccccc1)Nc1nc2n(n1)[C@@H](c1ccccc1Cl)C[C@@H](c1ccc(Cl)cc1)N2. The van der Waals surface area contributed by atoms with E-state index in [9.17, 15) is 4.79 Å². The van der Waals surface area contributed by atoms with Gasteiger partial charge in [0.1, 0.15) is 0 Å². The minimum atomic E-state index is -0.145. The molecular weight excluding hydrogens is 469 g/mol. The summed E-state index contributed by atoms with van der Waals surface area (Å²) >= 11 is 12.6. The number of carbonyl (C=O) groups is 1. The van der Waals surface area contributed by atoms with Crippen LogP contribution < -0.4 is 10.6 Å². The first-order chi connectivity index (χ1) is 16.6. The molecule has 0 spiro atoms. The van der Waals surface area contributed by atoms with Gasteiger partial charge in [0, 0.05) is 16.5 Å². The lowest BCUT2D eigenvalue weighted by atomic mass is 9.93. The lowest BCUT2D eigenvalue weighted by Gasteiger charge is -2.32. The maximum absolute atomic E-state index is 12.6. The van der Waals surface area contributed by atoms with Crippen LogP contribution in [0, 0.1) is 0 Å². The predicted octanol–water partition coefficient (Wildman–Crippen LogP) is 6.30. The molecule has 0 radical (unpaired) electrons. The standard InChI is InChI=1S/C26H23Cl2N5O/c27-19-13-11-18(12-14-19)22-16-23(20-8-4-5-9-21(20)28)33-26(29-22)31-25(32-33)30-24(34)15-10-17-6-2-1-3-7-17/h1-9,11-14,22-23H,10,15-16H2,(H2,29,30,31,32,34)/t22-,23+/m0/s1. The predicted molar refractivity (Wildman–Crippen MR) is 135 cm³/mol. The number of hydrogen-bond donors (Lipinski definition) is 2. The van der Waals surface area contributed by atoms with Gasteiger partial charge in [-0.05, 0) is 47.7 Å². The zero-order valence-corrected chi connectivity index (χ0v) is 19.8. The van der Waals surface area contributed by atoms with Crippen molar-refractivity contribution in [3.8, 4) is 0 Å². The Morgan fingerprint density at radius 2 is 1.74 bits per heavy atom. The molecular formula is C26H23Cl2N5O. The number of nitrogens with zero attached hydrogens (tertiary/aromatic N) is 3. The van der Waals surface area contributed by atoms with Gasteiger partial charge >= 0.3 is 0 Å². The number of anilines is 2. The summed E-state index contributed by atoms with van der Waals surface area (Å²) in [7, 11) is 0. The Balaban J connectivity index is 1.40. The minimum Gasteiger partial charge on any atom is -0.347 e. The third-order valence-electron chi connectivity index (χ3n) is 5.96. The fourth-order valence-electron chi connectivity index (χ4n) is 4.24. The normalized spacial score (nSPS) is 17.0. The van der Waals surface area contributed by atoms with Gasteiger partial charge in [0.15, 0.2) is 0 Å². The zero-order valence-electron chi connectivity index (χ0n) is 18.3. The Bertz CT molecular complexity index is 1290. The summed E-state index contributed by atoms with van der Waals surface area (Å²) in [4.78, 5) is 17.2. The van der Waals surface area contributed by atoms with Crippen LogP contribution in [-0.2, 0) is 11.2 Å². The first kappa shape index (κ1) is 22.4. The highest BCUT2D eigenvalue weighted by atomic mass is 35.5. The Hall–Kier alpha value is -3.35. The molecule has 2 N–H and O–H groups in total. The topological polar surface area (TPSA) is 71.8 Å². The third-order valence-corrected chi connectivity index (χ3v) is 6.56. The van der Waals surface area contributed by atoms with E-state index in [2.05, 4.69) is 20.7 Å². The minimum absolute atomic E-state index is 0.0168. The molecule has 2 heterocycles. The fraction of sp³-hybridized carbons (Fsp3) is 0.192. The van der Waals surface area contributed by atoms with Crippen molar-refractivity contribution in [2.24, 2.45) is 0 Å². The van der Waals surface area contributed by atoms with Crippen LogP contribution in [-0.4, -0.2) is 20.7 Å². The first-order valence-electron chi connectivity index (χ1n) is 11.1. The highest BCUT2D eigenvalue weighted by Crippen LogP contribution is 2.40.